The summed E-state index contributed by atoms with van der Waals surface area (Å²) < 4.78 is 0. The number of carbonyl (C=O) groups excluding carboxylic acids is 1. The van der Waals surface area contributed by atoms with E-state index in [1.165, 1.54) is 12.8 Å². The van der Waals surface area contributed by atoms with Crippen molar-refractivity contribution in [2.45, 2.75) is 70.4 Å². The van der Waals surface area contributed by atoms with Crippen molar-refractivity contribution in [1.29, 1.82) is 0 Å². The van der Waals surface area contributed by atoms with Crippen LogP contribution in [0.1, 0.15) is 58.3 Å². The summed E-state index contributed by atoms with van der Waals surface area (Å²) in [6.45, 7) is 2.87. The Bertz CT molecular complexity index is 433. The van der Waals surface area contributed by atoms with Crippen LogP contribution in [-0.4, -0.2) is 40.6 Å². The van der Waals surface area contributed by atoms with Crippen LogP contribution in [0.15, 0.2) is 0 Å². The summed E-state index contributed by atoms with van der Waals surface area (Å²) in [5.41, 5.74) is 0.222. The zero-order valence-corrected chi connectivity index (χ0v) is 12.8. The number of carbonyl (C=O) groups is 2. The second-order valence-electron chi connectivity index (χ2n) is 7.43. The number of nitrogens with zero attached hydrogens (tertiary/aromatic N) is 1. The van der Waals surface area contributed by atoms with E-state index in [1.54, 1.807) is 4.90 Å². The molecule has 0 aromatic rings. The molecule has 1 saturated heterocycles. The fourth-order valence-electron chi connectivity index (χ4n) is 4.31. The summed E-state index contributed by atoms with van der Waals surface area (Å²) in [4.78, 5) is 25.7. The molecule has 1 heterocycles. The van der Waals surface area contributed by atoms with Gasteiger partial charge in [0.05, 0.1) is 0 Å². The van der Waals surface area contributed by atoms with E-state index in [2.05, 4.69) is 12.2 Å². The van der Waals surface area contributed by atoms with Crippen LogP contribution >= 0.6 is 0 Å². The summed E-state index contributed by atoms with van der Waals surface area (Å²) in [5, 5.41) is 12.5. The normalized spacial score (nSPS) is 34.0. The molecule has 2 N–H and O–H groups in total. The van der Waals surface area contributed by atoms with Gasteiger partial charge in [0.15, 0.2) is 0 Å². The number of likely N-dealkylation sites (tertiary alicyclic amines) is 1. The molecular formula is C16H26N2O3. The Kier molecular flexibility index (Phi) is 3.84. The maximum atomic E-state index is 12.6. The van der Waals surface area contributed by atoms with Gasteiger partial charge in [-0.15, -0.1) is 0 Å². The Labute approximate surface area is 126 Å². The number of fused-ring (bicyclic) bond motifs is 1. The number of aliphatic carboxylic acids is 1. The second kappa shape index (κ2) is 5.50. The highest BCUT2D eigenvalue weighted by atomic mass is 16.4. The number of rotatable bonds is 3. The van der Waals surface area contributed by atoms with E-state index in [0.29, 0.717) is 18.9 Å². The van der Waals surface area contributed by atoms with Crippen molar-refractivity contribution >= 4 is 12.0 Å². The van der Waals surface area contributed by atoms with Gasteiger partial charge in [0, 0.05) is 12.6 Å². The van der Waals surface area contributed by atoms with Gasteiger partial charge in [0.1, 0.15) is 6.04 Å². The molecule has 5 heteroatoms. The Morgan fingerprint density at radius 2 is 1.95 bits per heavy atom. The number of hydrogen-bond acceptors (Lipinski definition) is 2. The molecule has 0 aromatic carbocycles. The molecule has 21 heavy (non-hydrogen) atoms. The zero-order chi connectivity index (χ0) is 15.0. The summed E-state index contributed by atoms with van der Waals surface area (Å²) in [6, 6.07) is -0.661. The van der Waals surface area contributed by atoms with Gasteiger partial charge in [0.25, 0.3) is 0 Å². The van der Waals surface area contributed by atoms with Crippen LogP contribution in [0.3, 0.4) is 0 Å². The second-order valence-corrected chi connectivity index (χ2v) is 7.43. The van der Waals surface area contributed by atoms with Crippen molar-refractivity contribution in [2.75, 3.05) is 6.54 Å². The van der Waals surface area contributed by atoms with Gasteiger partial charge in [0.2, 0.25) is 0 Å². The first-order chi connectivity index (χ1) is 10.0. The monoisotopic (exact) mass is 294 g/mol. The predicted molar refractivity (Wildman–Crippen MR) is 79.0 cm³/mol. The molecule has 3 rings (SSSR count). The van der Waals surface area contributed by atoms with Crippen LogP contribution in [0, 0.1) is 11.3 Å². The molecule has 1 aliphatic heterocycles. The number of amides is 2. The van der Waals surface area contributed by atoms with E-state index in [9.17, 15) is 14.7 Å². The van der Waals surface area contributed by atoms with E-state index in [-0.39, 0.29) is 17.5 Å². The molecular weight excluding hydrogens is 268 g/mol. The first-order valence-corrected chi connectivity index (χ1v) is 8.29. The van der Waals surface area contributed by atoms with Gasteiger partial charge < -0.3 is 15.3 Å². The largest absolute Gasteiger partial charge is 0.480 e. The molecule has 118 valence electrons. The average Bonchev–Trinajstić information content (AvgIpc) is 2.82. The molecule has 0 spiro atoms. The average molecular weight is 294 g/mol. The molecule has 2 saturated carbocycles. The molecule has 0 bridgehead atoms. The van der Waals surface area contributed by atoms with Crippen molar-refractivity contribution < 1.29 is 14.7 Å². The number of hydrogen-bond donors (Lipinski definition) is 2. The lowest BCUT2D eigenvalue weighted by atomic mass is 9.70. The van der Waals surface area contributed by atoms with Crippen LogP contribution in [-0.2, 0) is 4.79 Å². The van der Waals surface area contributed by atoms with Crippen molar-refractivity contribution in [3.8, 4) is 0 Å². The third-order valence-corrected chi connectivity index (χ3v) is 5.83. The number of nitrogens with one attached hydrogen (secondary N) is 1. The quantitative estimate of drug-likeness (QED) is 0.840. The third-order valence-electron chi connectivity index (χ3n) is 5.83. The first kappa shape index (κ1) is 14.7. The van der Waals surface area contributed by atoms with E-state index >= 15 is 0 Å². The third kappa shape index (κ3) is 2.74. The van der Waals surface area contributed by atoms with Crippen LogP contribution in [0.4, 0.5) is 4.79 Å². The number of carboxylic acids is 1. The van der Waals surface area contributed by atoms with Crippen LogP contribution in [0.25, 0.3) is 0 Å². The molecule has 5 nitrogen and oxygen atoms in total. The van der Waals surface area contributed by atoms with E-state index in [4.69, 9.17) is 0 Å². The standard InChI is InChI=1S/C16H26N2O3/c1-16(7-4-8-16)10-17-15(21)18-12-6-3-2-5-11(12)9-13(18)14(19)20/h11-13H,2-10H2,1H3,(H,17,21)(H,19,20). The highest BCUT2D eigenvalue weighted by Gasteiger charge is 2.47. The lowest BCUT2D eigenvalue weighted by molar-refractivity contribution is -0.141. The lowest BCUT2D eigenvalue weighted by Gasteiger charge is -2.40. The summed E-state index contributed by atoms with van der Waals surface area (Å²) in [7, 11) is 0. The van der Waals surface area contributed by atoms with Gasteiger partial charge in [-0.1, -0.05) is 26.2 Å². The van der Waals surface area contributed by atoms with Gasteiger partial charge >= 0.3 is 12.0 Å². The molecule has 2 aliphatic carbocycles. The molecule has 3 fully saturated rings. The Morgan fingerprint density at radius 1 is 1.24 bits per heavy atom. The maximum Gasteiger partial charge on any atom is 0.326 e. The minimum Gasteiger partial charge on any atom is -0.480 e. The zero-order valence-electron chi connectivity index (χ0n) is 12.8. The number of carboxylic acid groups (broad SMARTS) is 1. The predicted octanol–water partition coefficient (Wildman–Crippen LogP) is 2.60. The van der Waals surface area contributed by atoms with E-state index in [0.717, 1.165) is 32.1 Å². The molecule has 3 atom stereocenters. The van der Waals surface area contributed by atoms with E-state index < -0.39 is 12.0 Å². The summed E-state index contributed by atoms with van der Waals surface area (Å²) in [6.07, 6.45) is 8.47. The fourth-order valence-corrected chi connectivity index (χ4v) is 4.31. The smallest absolute Gasteiger partial charge is 0.326 e. The van der Waals surface area contributed by atoms with Gasteiger partial charge in [-0.05, 0) is 43.4 Å². The Morgan fingerprint density at radius 3 is 2.57 bits per heavy atom. The molecule has 3 unspecified atom stereocenters. The van der Waals surface area contributed by atoms with Gasteiger partial charge in [-0.25, -0.2) is 9.59 Å². The fraction of sp³-hybridized carbons (Fsp3) is 0.875. The minimum absolute atomic E-state index is 0.133. The van der Waals surface area contributed by atoms with Crippen molar-refractivity contribution in [3.63, 3.8) is 0 Å². The molecule has 0 radical (unpaired) electrons. The first-order valence-electron chi connectivity index (χ1n) is 8.29. The topological polar surface area (TPSA) is 69.6 Å². The minimum atomic E-state index is -0.852. The highest BCUT2D eigenvalue weighted by molar-refractivity contribution is 5.83. The van der Waals surface area contributed by atoms with Crippen molar-refractivity contribution in [1.82, 2.24) is 10.2 Å². The SMILES string of the molecule is CC1(CNC(=O)N2C(C(=O)O)CC3CCCCC32)CCC1. The molecule has 2 amide bonds. The van der Waals surface area contributed by atoms with Gasteiger partial charge in [-0.3, -0.25) is 0 Å². The van der Waals surface area contributed by atoms with Crippen molar-refractivity contribution in [3.05, 3.63) is 0 Å². The van der Waals surface area contributed by atoms with Gasteiger partial charge in [-0.2, -0.15) is 0 Å². The maximum absolute atomic E-state index is 12.6. The molecule has 3 aliphatic rings. The van der Waals surface area contributed by atoms with Crippen LogP contribution in [0.5, 0.6) is 0 Å². The Hall–Kier alpha value is -1.26. The number of urea groups is 1. The Balaban J connectivity index is 1.67. The van der Waals surface area contributed by atoms with Crippen molar-refractivity contribution in [2.24, 2.45) is 11.3 Å². The summed E-state index contributed by atoms with van der Waals surface area (Å²) >= 11 is 0. The van der Waals surface area contributed by atoms with Crippen LogP contribution < -0.4 is 5.32 Å². The van der Waals surface area contributed by atoms with E-state index in [1.807, 2.05) is 0 Å². The van der Waals surface area contributed by atoms with Crippen LogP contribution in [0.2, 0.25) is 0 Å². The lowest BCUT2D eigenvalue weighted by Crippen LogP contribution is -2.53. The summed E-state index contributed by atoms with van der Waals surface area (Å²) in [5.74, 6) is -0.473. The highest BCUT2D eigenvalue weighted by Crippen LogP contribution is 2.41. The molecule has 0 aromatic heterocycles.